The minimum atomic E-state index is -4.50. The van der Waals surface area contributed by atoms with Gasteiger partial charge in [0, 0.05) is 18.4 Å². The van der Waals surface area contributed by atoms with E-state index in [1.54, 1.807) is 0 Å². The van der Waals surface area contributed by atoms with Crippen LogP contribution in [0.15, 0.2) is 41.5 Å². The van der Waals surface area contributed by atoms with Crippen LogP contribution >= 0.6 is 0 Å². The predicted molar refractivity (Wildman–Crippen MR) is 86.8 cm³/mol. The van der Waals surface area contributed by atoms with Gasteiger partial charge in [0.1, 0.15) is 5.69 Å². The fourth-order valence-electron chi connectivity index (χ4n) is 1.86. The number of aliphatic imine (C=N–C) groups is 1. The lowest BCUT2D eigenvalue weighted by Gasteiger charge is -2.08. The smallest absolute Gasteiger partial charge is 0.370 e. The normalized spacial score (nSPS) is 12.1. The Balaban J connectivity index is 1.84. The van der Waals surface area contributed by atoms with Crippen molar-refractivity contribution in [2.75, 3.05) is 23.7 Å². The zero-order chi connectivity index (χ0) is 17.6. The third-order valence-corrected chi connectivity index (χ3v) is 2.91. The first-order chi connectivity index (χ1) is 11.3. The second-order valence-corrected chi connectivity index (χ2v) is 4.95. The number of anilines is 2. The number of nitrogens with one attached hydrogen (secondary N) is 2. The Labute approximate surface area is 137 Å². The Morgan fingerprint density at radius 3 is 2.79 bits per heavy atom. The standard InChI is InChI=1S/C15H17F3N6/c1-10-3-2-4-11(9-10)23-13(19)20-7-8-22-14-21-6-5-12(24-14)15(16,17)18/h2-6,9H,7-8H2,1H3,(H3,19,20,23)(H,21,22,24). The average molecular weight is 338 g/mol. The lowest BCUT2D eigenvalue weighted by molar-refractivity contribution is -0.141. The number of halogens is 3. The number of benzene rings is 1. The summed E-state index contributed by atoms with van der Waals surface area (Å²) >= 11 is 0. The molecule has 128 valence electrons. The topological polar surface area (TPSA) is 88.2 Å². The number of hydrogen-bond donors (Lipinski definition) is 3. The number of alkyl halides is 3. The molecule has 0 saturated carbocycles. The molecule has 0 unspecified atom stereocenters. The van der Waals surface area contributed by atoms with Crippen LogP contribution in [-0.4, -0.2) is 29.0 Å². The molecular formula is C15H17F3N6. The summed E-state index contributed by atoms with van der Waals surface area (Å²) in [5.74, 6) is 0.109. The molecule has 1 heterocycles. The van der Waals surface area contributed by atoms with Gasteiger partial charge in [-0.2, -0.15) is 13.2 Å². The first kappa shape index (κ1) is 17.5. The third kappa shape index (κ3) is 5.41. The van der Waals surface area contributed by atoms with E-state index in [0.717, 1.165) is 23.5 Å². The van der Waals surface area contributed by atoms with Crippen molar-refractivity contribution in [1.29, 1.82) is 0 Å². The Bertz CT molecular complexity index is 714. The molecule has 0 saturated heterocycles. The number of aryl methyl sites for hydroxylation is 1. The molecule has 0 radical (unpaired) electrons. The van der Waals surface area contributed by atoms with Crippen molar-refractivity contribution >= 4 is 17.6 Å². The summed E-state index contributed by atoms with van der Waals surface area (Å²) in [7, 11) is 0. The highest BCUT2D eigenvalue weighted by Crippen LogP contribution is 2.27. The summed E-state index contributed by atoms with van der Waals surface area (Å²) in [6, 6.07) is 8.42. The second-order valence-electron chi connectivity index (χ2n) is 4.95. The average Bonchev–Trinajstić information content (AvgIpc) is 2.51. The molecule has 4 N–H and O–H groups in total. The first-order valence-corrected chi connectivity index (χ1v) is 7.12. The molecule has 0 atom stereocenters. The molecule has 2 rings (SSSR count). The fraction of sp³-hybridized carbons (Fsp3) is 0.267. The third-order valence-electron chi connectivity index (χ3n) is 2.91. The highest BCUT2D eigenvalue weighted by Gasteiger charge is 2.32. The summed E-state index contributed by atoms with van der Waals surface area (Å²) in [6.07, 6.45) is -3.45. The Hall–Kier alpha value is -2.84. The summed E-state index contributed by atoms with van der Waals surface area (Å²) in [5.41, 5.74) is 6.64. The molecule has 9 heteroatoms. The van der Waals surface area contributed by atoms with Crippen molar-refractivity contribution in [3.8, 4) is 0 Å². The van der Waals surface area contributed by atoms with E-state index in [2.05, 4.69) is 25.6 Å². The molecule has 1 aromatic carbocycles. The molecule has 0 fully saturated rings. The van der Waals surface area contributed by atoms with Crippen LogP contribution < -0.4 is 16.4 Å². The molecule has 0 amide bonds. The van der Waals surface area contributed by atoms with Crippen LogP contribution in [-0.2, 0) is 6.18 Å². The van der Waals surface area contributed by atoms with E-state index in [1.807, 2.05) is 31.2 Å². The zero-order valence-electron chi connectivity index (χ0n) is 12.9. The van der Waals surface area contributed by atoms with Crippen LogP contribution in [0.5, 0.6) is 0 Å². The van der Waals surface area contributed by atoms with Gasteiger partial charge in [-0.1, -0.05) is 12.1 Å². The molecule has 0 aliphatic rings. The minimum Gasteiger partial charge on any atom is -0.370 e. The van der Waals surface area contributed by atoms with Crippen LogP contribution in [0.1, 0.15) is 11.3 Å². The maximum Gasteiger partial charge on any atom is 0.433 e. The van der Waals surface area contributed by atoms with E-state index >= 15 is 0 Å². The van der Waals surface area contributed by atoms with Gasteiger partial charge in [-0.15, -0.1) is 0 Å². The van der Waals surface area contributed by atoms with Crippen LogP contribution in [0, 0.1) is 6.92 Å². The van der Waals surface area contributed by atoms with Crippen LogP contribution in [0.2, 0.25) is 0 Å². The van der Waals surface area contributed by atoms with Gasteiger partial charge in [0.05, 0.1) is 6.54 Å². The van der Waals surface area contributed by atoms with Gasteiger partial charge in [-0.05, 0) is 30.7 Å². The number of rotatable bonds is 5. The van der Waals surface area contributed by atoms with Crippen molar-refractivity contribution in [3.05, 3.63) is 47.8 Å². The molecule has 0 aliphatic heterocycles. The van der Waals surface area contributed by atoms with Crippen molar-refractivity contribution < 1.29 is 13.2 Å². The summed E-state index contributed by atoms with van der Waals surface area (Å²) in [6.45, 7) is 2.46. The van der Waals surface area contributed by atoms with Crippen LogP contribution in [0.25, 0.3) is 0 Å². The van der Waals surface area contributed by atoms with E-state index in [1.165, 1.54) is 0 Å². The lowest BCUT2D eigenvalue weighted by Crippen LogP contribution is -2.24. The van der Waals surface area contributed by atoms with Crippen molar-refractivity contribution in [1.82, 2.24) is 9.97 Å². The molecule has 2 aromatic rings. The highest BCUT2D eigenvalue weighted by atomic mass is 19.4. The van der Waals surface area contributed by atoms with Gasteiger partial charge < -0.3 is 16.4 Å². The minimum absolute atomic E-state index is 0.106. The van der Waals surface area contributed by atoms with Crippen molar-refractivity contribution in [3.63, 3.8) is 0 Å². The summed E-state index contributed by atoms with van der Waals surface area (Å²) in [5, 5.41) is 5.60. The number of hydrogen-bond acceptors (Lipinski definition) is 4. The zero-order valence-corrected chi connectivity index (χ0v) is 12.9. The molecule has 0 aliphatic carbocycles. The number of guanidine groups is 1. The first-order valence-electron chi connectivity index (χ1n) is 7.12. The van der Waals surface area contributed by atoms with Crippen molar-refractivity contribution in [2.24, 2.45) is 10.7 Å². The van der Waals surface area contributed by atoms with E-state index in [0.29, 0.717) is 0 Å². The quantitative estimate of drug-likeness (QED) is 0.443. The largest absolute Gasteiger partial charge is 0.433 e. The predicted octanol–water partition coefficient (Wildman–Crippen LogP) is 2.64. The lowest BCUT2D eigenvalue weighted by atomic mass is 10.2. The van der Waals surface area contributed by atoms with E-state index in [-0.39, 0.29) is 25.0 Å². The molecular weight excluding hydrogens is 321 g/mol. The monoisotopic (exact) mass is 338 g/mol. The van der Waals surface area contributed by atoms with Gasteiger partial charge in [0.2, 0.25) is 5.95 Å². The number of nitrogens with two attached hydrogens (primary N) is 1. The van der Waals surface area contributed by atoms with E-state index in [4.69, 9.17) is 5.73 Å². The van der Waals surface area contributed by atoms with Gasteiger partial charge in [-0.25, -0.2) is 9.97 Å². The molecule has 0 bridgehead atoms. The highest BCUT2D eigenvalue weighted by molar-refractivity contribution is 5.92. The number of aromatic nitrogens is 2. The van der Waals surface area contributed by atoms with E-state index < -0.39 is 11.9 Å². The van der Waals surface area contributed by atoms with Gasteiger partial charge in [0.15, 0.2) is 5.96 Å². The summed E-state index contributed by atoms with van der Waals surface area (Å²) in [4.78, 5) is 11.2. The Kier molecular flexibility index (Phi) is 5.56. The number of nitrogens with zero attached hydrogens (tertiary/aromatic N) is 3. The molecule has 0 spiro atoms. The molecule has 6 nitrogen and oxygen atoms in total. The van der Waals surface area contributed by atoms with Crippen LogP contribution in [0.3, 0.4) is 0 Å². The SMILES string of the molecule is Cc1cccc(NC(N)=NCCNc2nccc(C(F)(F)F)n2)c1. The van der Waals surface area contributed by atoms with Crippen molar-refractivity contribution in [2.45, 2.75) is 13.1 Å². The Morgan fingerprint density at radius 2 is 2.08 bits per heavy atom. The molecule has 24 heavy (non-hydrogen) atoms. The Morgan fingerprint density at radius 1 is 1.29 bits per heavy atom. The van der Waals surface area contributed by atoms with Gasteiger partial charge in [0.25, 0.3) is 0 Å². The maximum absolute atomic E-state index is 12.5. The maximum atomic E-state index is 12.5. The van der Waals surface area contributed by atoms with E-state index in [9.17, 15) is 13.2 Å². The van der Waals surface area contributed by atoms with Gasteiger partial charge >= 0.3 is 6.18 Å². The van der Waals surface area contributed by atoms with Crippen LogP contribution in [0.4, 0.5) is 24.8 Å². The van der Waals surface area contributed by atoms with Gasteiger partial charge in [-0.3, -0.25) is 4.99 Å². The summed E-state index contributed by atoms with van der Waals surface area (Å²) < 4.78 is 37.6. The second kappa shape index (κ2) is 7.62. The molecule has 1 aromatic heterocycles. The fourth-order valence-corrected chi connectivity index (χ4v) is 1.86.